The second kappa shape index (κ2) is 4.05. The molecule has 1 N–H and O–H groups in total. The van der Waals surface area contributed by atoms with Crippen molar-refractivity contribution in [3.8, 4) is 5.69 Å². The van der Waals surface area contributed by atoms with Gasteiger partial charge in [-0.15, -0.1) is 5.10 Å². The summed E-state index contributed by atoms with van der Waals surface area (Å²) in [5.41, 5.74) is 1.60. The summed E-state index contributed by atoms with van der Waals surface area (Å²) in [4.78, 5) is 0. The first-order chi connectivity index (χ1) is 6.81. The fourth-order valence-corrected chi connectivity index (χ4v) is 1.52. The van der Waals surface area contributed by atoms with Gasteiger partial charge in [-0.3, -0.25) is 0 Å². The molecule has 0 aliphatic heterocycles. The van der Waals surface area contributed by atoms with Gasteiger partial charge in [0.15, 0.2) is 0 Å². The molecule has 1 aromatic carbocycles. The lowest BCUT2D eigenvalue weighted by molar-refractivity contribution is 0.273. The van der Waals surface area contributed by atoms with Crippen molar-refractivity contribution >= 4 is 22.6 Å². The molecule has 0 bridgehead atoms. The SMILES string of the molecule is OCc1cnnn1-c1ccc(I)cc1. The predicted molar refractivity (Wildman–Crippen MR) is 60.0 cm³/mol. The molecule has 0 aliphatic carbocycles. The van der Waals surface area contributed by atoms with Gasteiger partial charge in [-0.2, -0.15) is 0 Å². The third kappa shape index (κ3) is 1.78. The molecule has 14 heavy (non-hydrogen) atoms. The van der Waals surface area contributed by atoms with E-state index < -0.39 is 0 Å². The summed E-state index contributed by atoms with van der Waals surface area (Å²) >= 11 is 2.24. The zero-order chi connectivity index (χ0) is 9.97. The van der Waals surface area contributed by atoms with Gasteiger partial charge < -0.3 is 5.11 Å². The zero-order valence-corrected chi connectivity index (χ0v) is 9.42. The third-order valence-electron chi connectivity index (χ3n) is 1.85. The molecule has 0 spiro atoms. The minimum atomic E-state index is -0.0566. The zero-order valence-electron chi connectivity index (χ0n) is 7.26. The number of halogens is 1. The lowest BCUT2D eigenvalue weighted by Gasteiger charge is -2.03. The minimum absolute atomic E-state index is 0.0566. The molecule has 0 aliphatic rings. The number of nitrogens with zero attached hydrogens (tertiary/aromatic N) is 3. The van der Waals surface area contributed by atoms with Crippen LogP contribution in [-0.2, 0) is 6.61 Å². The first-order valence-electron chi connectivity index (χ1n) is 4.07. The molecular formula is C9H8IN3O. The van der Waals surface area contributed by atoms with Gasteiger partial charge >= 0.3 is 0 Å². The van der Waals surface area contributed by atoms with Crippen LogP contribution in [0.4, 0.5) is 0 Å². The summed E-state index contributed by atoms with van der Waals surface area (Å²) in [5.74, 6) is 0. The highest BCUT2D eigenvalue weighted by molar-refractivity contribution is 14.1. The number of hydrogen-bond donors (Lipinski definition) is 1. The van der Waals surface area contributed by atoms with Gasteiger partial charge in [-0.1, -0.05) is 5.21 Å². The van der Waals surface area contributed by atoms with Crippen molar-refractivity contribution in [3.63, 3.8) is 0 Å². The fourth-order valence-electron chi connectivity index (χ4n) is 1.16. The summed E-state index contributed by atoms with van der Waals surface area (Å²) in [7, 11) is 0. The molecule has 0 atom stereocenters. The van der Waals surface area contributed by atoms with Crippen LogP contribution in [0.15, 0.2) is 30.5 Å². The maximum Gasteiger partial charge on any atom is 0.0900 e. The molecule has 2 aromatic rings. The third-order valence-corrected chi connectivity index (χ3v) is 2.57. The van der Waals surface area contributed by atoms with Crippen molar-refractivity contribution in [1.29, 1.82) is 0 Å². The molecule has 4 nitrogen and oxygen atoms in total. The highest BCUT2D eigenvalue weighted by Crippen LogP contribution is 2.12. The molecule has 0 unspecified atom stereocenters. The molecule has 0 fully saturated rings. The second-order valence-electron chi connectivity index (χ2n) is 2.77. The molecule has 5 heteroatoms. The first kappa shape index (κ1) is 9.60. The Labute approximate surface area is 94.7 Å². The topological polar surface area (TPSA) is 50.9 Å². The minimum Gasteiger partial charge on any atom is -0.390 e. The van der Waals surface area contributed by atoms with Crippen LogP contribution in [0.1, 0.15) is 5.69 Å². The van der Waals surface area contributed by atoms with E-state index in [9.17, 15) is 0 Å². The van der Waals surface area contributed by atoms with Crippen LogP contribution in [0.5, 0.6) is 0 Å². The van der Waals surface area contributed by atoms with Gasteiger partial charge in [0.1, 0.15) is 0 Å². The van der Waals surface area contributed by atoms with Gasteiger partial charge in [-0.05, 0) is 46.9 Å². The van der Waals surface area contributed by atoms with Crippen LogP contribution in [0.2, 0.25) is 0 Å². The summed E-state index contributed by atoms with van der Waals surface area (Å²) in [6.07, 6.45) is 1.55. The maximum atomic E-state index is 9.02. The van der Waals surface area contributed by atoms with E-state index in [0.29, 0.717) is 5.69 Å². The number of benzene rings is 1. The van der Waals surface area contributed by atoms with Crippen molar-refractivity contribution in [2.75, 3.05) is 0 Å². The van der Waals surface area contributed by atoms with Crippen LogP contribution in [0.3, 0.4) is 0 Å². The lowest BCUT2D eigenvalue weighted by Crippen LogP contribution is -2.01. The highest BCUT2D eigenvalue weighted by atomic mass is 127. The molecular weight excluding hydrogens is 293 g/mol. The van der Waals surface area contributed by atoms with Gasteiger partial charge in [0.2, 0.25) is 0 Å². The predicted octanol–water partition coefficient (Wildman–Crippen LogP) is 1.36. The van der Waals surface area contributed by atoms with E-state index in [1.165, 1.54) is 0 Å². The van der Waals surface area contributed by atoms with E-state index in [1.807, 2.05) is 24.3 Å². The largest absolute Gasteiger partial charge is 0.390 e. The van der Waals surface area contributed by atoms with Crippen molar-refractivity contribution in [1.82, 2.24) is 15.0 Å². The Morgan fingerprint density at radius 2 is 2.00 bits per heavy atom. The van der Waals surface area contributed by atoms with E-state index in [1.54, 1.807) is 10.9 Å². The molecule has 1 heterocycles. The van der Waals surface area contributed by atoms with E-state index in [0.717, 1.165) is 9.26 Å². The summed E-state index contributed by atoms with van der Waals surface area (Å²) in [6.45, 7) is -0.0566. The molecule has 0 amide bonds. The van der Waals surface area contributed by atoms with Crippen LogP contribution in [0, 0.1) is 3.57 Å². The standard InChI is InChI=1S/C9H8IN3O/c10-7-1-3-8(4-2-7)13-9(6-14)5-11-12-13/h1-5,14H,6H2. The van der Waals surface area contributed by atoms with Crippen LogP contribution < -0.4 is 0 Å². The summed E-state index contributed by atoms with van der Waals surface area (Å²) in [6, 6.07) is 7.85. The number of aromatic nitrogens is 3. The Hall–Kier alpha value is -0.950. The second-order valence-corrected chi connectivity index (χ2v) is 4.02. The number of rotatable bonds is 2. The van der Waals surface area contributed by atoms with Crippen LogP contribution >= 0.6 is 22.6 Å². The number of aliphatic hydroxyl groups excluding tert-OH is 1. The Bertz CT molecular complexity index is 424. The van der Waals surface area contributed by atoms with Gasteiger partial charge in [0.25, 0.3) is 0 Å². The lowest BCUT2D eigenvalue weighted by atomic mass is 10.3. The van der Waals surface area contributed by atoms with Crippen LogP contribution in [0.25, 0.3) is 5.69 Å². The van der Waals surface area contributed by atoms with Crippen LogP contribution in [-0.4, -0.2) is 20.1 Å². The Kier molecular flexibility index (Phi) is 2.78. The van der Waals surface area contributed by atoms with E-state index >= 15 is 0 Å². The quantitative estimate of drug-likeness (QED) is 0.852. The van der Waals surface area contributed by atoms with E-state index in [-0.39, 0.29) is 6.61 Å². The smallest absolute Gasteiger partial charge is 0.0900 e. The van der Waals surface area contributed by atoms with Crippen molar-refractivity contribution < 1.29 is 5.11 Å². The molecule has 0 saturated carbocycles. The highest BCUT2D eigenvalue weighted by Gasteiger charge is 2.03. The molecule has 0 saturated heterocycles. The Morgan fingerprint density at radius 3 is 2.64 bits per heavy atom. The molecule has 72 valence electrons. The average Bonchev–Trinajstić information content (AvgIpc) is 2.67. The Balaban J connectivity index is 2.44. The maximum absolute atomic E-state index is 9.02. The van der Waals surface area contributed by atoms with Crippen molar-refractivity contribution in [3.05, 3.63) is 39.7 Å². The number of aliphatic hydroxyl groups is 1. The molecule has 2 rings (SSSR count). The molecule has 1 aromatic heterocycles. The average molecular weight is 301 g/mol. The monoisotopic (exact) mass is 301 g/mol. The Morgan fingerprint density at radius 1 is 1.29 bits per heavy atom. The first-order valence-corrected chi connectivity index (χ1v) is 5.15. The molecule has 0 radical (unpaired) electrons. The van der Waals surface area contributed by atoms with Crippen molar-refractivity contribution in [2.24, 2.45) is 0 Å². The van der Waals surface area contributed by atoms with Gasteiger partial charge in [0.05, 0.1) is 24.2 Å². The summed E-state index contributed by atoms with van der Waals surface area (Å²) < 4.78 is 2.79. The van der Waals surface area contributed by atoms with E-state index in [4.69, 9.17) is 5.11 Å². The fraction of sp³-hybridized carbons (Fsp3) is 0.111. The normalized spacial score (nSPS) is 10.4. The van der Waals surface area contributed by atoms with Gasteiger partial charge in [-0.25, -0.2) is 4.68 Å². The summed E-state index contributed by atoms with van der Waals surface area (Å²) in [5, 5.41) is 16.7. The number of hydrogen-bond acceptors (Lipinski definition) is 3. The van der Waals surface area contributed by atoms with E-state index in [2.05, 4.69) is 32.9 Å². The van der Waals surface area contributed by atoms with Gasteiger partial charge in [0, 0.05) is 3.57 Å². The van der Waals surface area contributed by atoms with Crippen molar-refractivity contribution in [2.45, 2.75) is 6.61 Å².